The van der Waals surface area contributed by atoms with Gasteiger partial charge in [0.2, 0.25) is 4.33 Å². The molecule has 6 heteroatoms. The Bertz CT molecular complexity index is 151. The zero-order valence-electron chi connectivity index (χ0n) is 6.01. The highest BCUT2D eigenvalue weighted by Crippen LogP contribution is 2.29. The van der Waals surface area contributed by atoms with E-state index in [1.165, 1.54) is 0 Å². The van der Waals surface area contributed by atoms with Crippen molar-refractivity contribution in [3.63, 3.8) is 0 Å². The van der Waals surface area contributed by atoms with E-state index in [0.29, 0.717) is 0 Å². The summed E-state index contributed by atoms with van der Waals surface area (Å²) in [5, 5.41) is 8.39. The standard InChI is InChI=1S/C5H7Cl3N2.ClH/c1-10(2)4(6)5(7,8)3-9;/h4H,1-2H3;1H. The van der Waals surface area contributed by atoms with Crippen LogP contribution in [0.5, 0.6) is 0 Å². The van der Waals surface area contributed by atoms with Gasteiger partial charge in [-0.05, 0) is 14.1 Å². The Kier molecular flexibility index (Phi) is 6.81. The molecule has 2 nitrogen and oxygen atoms in total. The predicted molar refractivity (Wildman–Crippen MR) is 50.6 cm³/mol. The molecule has 0 aliphatic rings. The molecule has 0 radical (unpaired) electrons. The number of alkyl halides is 3. The van der Waals surface area contributed by atoms with Gasteiger partial charge in [0, 0.05) is 0 Å². The Balaban J connectivity index is 0. The molecule has 1 unspecified atom stereocenters. The first-order chi connectivity index (χ1) is 4.41. The molecule has 0 aromatic heterocycles. The first-order valence-corrected chi connectivity index (χ1v) is 3.70. The Morgan fingerprint density at radius 2 is 1.82 bits per heavy atom. The molecule has 0 aromatic carbocycles. The van der Waals surface area contributed by atoms with Gasteiger partial charge >= 0.3 is 0 Å². The topological polar surface area (TPSA) is 27.0 Å². The highest BCUT2D eigenvalue weighted by Gasteiger charge is 2.34. The van der Waals surface area contributed by atoms with Crippen molar-refractivity contribution in [3.05, 3.63) is 0 Å². The molecule has 0 aliphatic heterocycles. The van der Waals surface area contributed by atoms with Crippen LogP contribution in [0.25, 0.3) is 0 Å². The molecule has 0 fully saturated rings. The summed E-state index contributed by atoms with van der Waals surface area (Å²) < 4.78 is -1.54. The summed E-state index contributed by atoms with van der Waals surface area (Å²) in [7, 11) is 3.38. The zero-order valence-corrected chi connectivity index (χ0v) is 9.10. The van der Waals surface area contributed by atoms with E-state index in [1.54, 1.807) is 25.1 Å². The van der Waals surface area contributed by atoms with E-state index in [4.69, 9.17) is 40.1 Å². The molecule has 66 valence electrons. The van der Waals surface area contributed by atoms with Crippen LogP contribution in [0.15, 0.2) is 0 Å². The highest BCUT2D eigenvalue weighted by atomic mass is 35.5. The number of nitriles is 1. The zero-order chi connectivity index (χ0) is 8.36. The van der Waals surface area contributed by atoms with Crippen molar-refractivity contribution in [2.24, 2.45) is 0 Å². The molecule has 0 saturated heterocycles. The van der Waals surface area contributed by atoms with Crippen molar-refractivity contribution >= 4 is 47.2 Å². The SMILES string of the molecule is CN(C)C(Cl)C(Cl)(Cl)C#N.Cl. The number of rotatable bonds is 2. The number of nitrogens with zero attached hydrogens (tertiary/aromatic N) is 2. The quantitative estimate of drug-likeness (QED) is 0.544. The Hall–Kier alpha value is 0.610. The second-order valence-corrected chi connectivity index (χ2v) is 3.83. The maximum atomic E-state index is 8.39. The normalized spacial score (nSPS) is 13.5. The van der Waals surface area contributed by atoms with Crippen molar-refractivity contribution in [3.8, 4) is 6.07 Å². The van der Waals surface area contributed by atoms with E-state index in [9.17, 15) is 0 Å². The number of halogens is 4. The van der Waals surface area contributed by atoms with Crippen molar-refractivity contribution in [1.82, 2.24) is 4.90 Å². The van der Waals surface area contributed by atoms with E-state index in [0.717, 1.165) is 0 Å². The van der Waals surface area contributed by atoms with E-state index in [-0.39, 0.29) is 12.4 Å². The molecular formula is C5H8Cl4N2. The molecular weight excluding hydrogens is 230 g/mol. The first kappa shape index (κ1) is 14.2. The van der Waals surface area contributed by atoms with Gasteiger partial charge in [0.25, 0.3) is 0 Å². The van der Waals surface area contributed by atoms with Gasteiger partial charge < -0.3 is 0 Å². The third-order valence-electron chi connectivity index (χ3n) is 0.902. The largest absolute Gasteiger partial charge is 0.290 e. The third kappa shape index (κ3) is 4.25. The maximum absolute atomic E-state index is 8.39. The Labute approximate surface area is 87.4 Å². The fourth-order valence-electron chi connectivity index (χ4n) is 0.378. The van der Waals surface area contributed by atoms with Gasteiger partial charge in [-0.15, -0.1) is 24.0 Å². The van der Waals surface area contributed by atoms with Crippen LogP contribution in [0, 0.1) is 11.3 Å². The fourth-order valence-corrected chi connectivity index (χ4v) is 0.817. The van der Waals surface area contributed by atoms with Crippen molar-refractivity contribution in [2.75, 3.05) is 14.1 Å². The summed E-state index contributed by atoms with van der Waals surface area (Å²) >= 11 is 16.6. The molecule has 0 saturated carbocycles. The van der Waals surface area contributed by atoms with E-state index >= 15 is 0 Å². The highest BCUT2D eigenvalue weighted by molar-refractivity contribution is 6.54. The Morgan fingerprint density at radius 1 is 1.45 bits per heavy atom. The average molecular weight is 238 g/mol. The molecule has 0 bridgehead atoms. The van der Waals surface area contributed by atoms with Gasteiger partial charge in [-0.1, -0.05) is 23.2 Å². The molecule has 0 spiro atoms. The summed E-state index contributed by atoms with van der Waals surface area (Å²) in [4.78, 5) is 1.56. The van der Waals surface area contributed by atoms with E-state index < -0.39 is 9.83 Å². The minimum absolute atomic E-state index is 0. The molecule has 1 atom stereocenters. The lowest BCUT2D eigenvalue weighted by Gasteiger charge is -2.23. The fraction of sp³-hybridized carbons (Fsp3) is 0.800. The van der Waals surface area contributed by atoms with Gasteiger partial charge in [0.15, 0.2) is 0 Å². The second-order valence-electron chi connectivity index (χ2n) is 2.03. The van der Waals surface area contributed by atoms with Crippen LogP contribution in [-0.4, -0.2) is 28.8 Å². The van der Waals surface area contributed by atoms with Crippen LogP contribution in [0.3, 0.4) is 0 Å². The summed E-state index contributed by atoms with van der Waals surface area (Å²) in [6.45, 7) is 0. The molecule has 0 heterocycles. The van der Waals surface area contributed by atoms with E-state index in [2.05, 4.69) is 0 Å². The van der Waals surface area contributed by atoms with Crippen molar-refractivity contribution in [1.29, 1.82) is 5.26 Å². The van der Waals surface area contributed by atoms with Gasteiger partial charge in [0.05, 0.1) is 0 Å². The molecule has 0 amide bonds. The van der Waals surface area contributed by atoms with Crippen LogP contribution in [0.4, 0.5) is 0 Å². The van der Waals surface area contributed by atoms with E-state index in [1.807, 2.05) is 0 Å². The van der Waals surface area contributed by atoms with Crippen LogP contribution in [0.2, 0.25) is 0 Å². The molecule has 0 N–H and O–H groups in total. The van der Waals surface area contributed by atoms with Crippen LogP contribution < -0.4 is 0 Å². The summed E-state index contributed by atoms with van der Waals surface area (Å²) in [5.41, 5.74) is -0.694. The monoisotopic (exact) mass is 236 g/mol. The van der Waals surface area contributed by atoms with Crippen LogP contribution in [-0.2, 0) is 0 Å². The van der Waals surface area contributed by atoms with Crippen LogP contribution in [0.1, 0.15) is 0 Å². The summed E-state index contributed by atoms with van der Waals surface area (Å²) in [6, 6.07) is 1.68. The lowest BCUT2D eigenvalue weighted by atomic mass is 10.4. The van der Waals surface area contributed by atoms with Gasteiger partial charge in [-0.3, -0.25) is 4.90 Å². The number of hydrogen-bond acceptors (Lipinski definition) is 2. The first-order valence-electron chi connectivity index (χ1n) is 2.51. The Morgan fingerprint density at radius 3 is 1.91 bits per heavy atom. The maximum Gasteiger partial charge on any atom is 0.232 e. The van der Waals surface area contributed by atoms with Crippen LogP contribution >= 0.6 is 47.2 Å². The minimum atomic E-state index is -1.54. The minimum Gasteiger partial charge on any atom is -0.290 e. The van der Waals surface area contributed by atoms with Crippen molar-refractivity contribution in [2.45, 2.75) is 9.83 Å². The predicted octanol–water partition coefficient (Wildman–Crippen LogP) is 2.23. The summed E-state index contributed by atoms with van der Waals surface area (Å²) in [6.07, 6.45) is 0. The summed E-state index contributed by atoms with van der Waals surface area (Å²) in [5.74, 6) is 0. The van der Waals surface area contributed by atoms with Gasteiger partial charge in [0.1, 0.15) is 11.6 Å². The lowest BCUT2D eigenvalue weighted by molar-refractivity contribution is 0.371. The third-order valence-corrected chi connectivity index (χ3v) is 2.43. The van der Waals surface area contributed by atoms with Crippen molar-refractivity contribution < 1.29 is 0 Å². The molecule has 0 rings (SSSR count). The molecule has 0 aromatic rings. The molecule has 11 heavy (non-hydrogen) atoms. The lowest BCUT2D eigenvalue weighted by Crippen LogP contribution is -2.37. The van der Waals surface area contributed by atoms with Gasteiger partial charge in [-0.2, -0.15) is 5.26 Å². The smallest absolute Gasteiger partial charge is 0.232 e. The average Bonchev–Trinajstić information content (AvgIpc) is 1.86. The van der Waals surface area contributed by atoms with Gasteiger partial charge in [-0.25, -0.2) is 0 Å². The molecule has 0 aliphatic carbocycles. The second kappa shape index (κ2) is 5.29. The number of hydrogen-bond donors (Lipinski definition) is 0.